The lowest BCUT2D eigenvalue weighted by Gasteiger charge is -2.51. The Morgan fingerprint density at radius 2 is 2.09 bits per heavy atom. The fourth-order valence-electron chi connectivity index (χ4n) is 4.02. The largest absolute Gasteiger partial charge is 0.481 e. The molecule has 2 aliphatic rings. The van der Waals surface area contributed by atoms with Crippen LogP contribution in [0, 0.1) is 12.3 Å². The zero-order valence-electron chi connectivity index (χ0n) is 13.7. The average Bonchev–Trinajstić information content (AvgIpc) is 2.54. The normalized spacial score (nSPS) is 28.3. The van der Waals surface area contributed by atoms with Crippen molar-refractivity contribution in [2.45, 2.75) is 32.2 Å². The first-order valence-corrected chi connectivity index (χ1v) is 8.08. The maximum absolute atomic E-state index is 12.7. The number of fused-ring (bicyclic) bond motifs is 1. The number of aryl methyl sites for hydroxylation is 1. The highest BCUT2D eigenvalue weighted by Crippen LogP contribution is 2.42. The van der Waals surface area contributed by atoms with Gasteiger partial charge in [0.05, 0.1) is 11.0 Å². The maximum atomic E-state index is 12.7. The number of likely N-dealkylation sites (N-methyl/N-ethyl adjacent to an activating group) is 1. The Morgan fingerprint density at radius 3 is 2.78 bits per heavy atom. The van der Waals surface area contributed by atoms with Crippen LogP contribution in [0.3, 0.4) is 0 Å². The molecule has 0 aliphatic carbocycles. The summed E-state index contributed by atoms with van der Waals surface area (Å²) in [4.78, 5) is 32.6. The van der Waals surface area contributed by atoms with Crippen molar-refractivity contribution in [3.63, 3.8) is 0 Å². The van der Waals surface area contributed by atoms with Gasteiger partial charge >= 0.3 is 5.97 Å². The molecule has 2 aliphatic heterocycles. The number of nitrogens with zero attached hydrogens (tertiary/aromatic N) is 3. The lowest BCUT2D eigenvalue weighted by molar-refractivity contribution is -0.161. The summed E-state index contributed by atoms with van der Waals surface area (Å²) in [6.45, 7) is 3.75. The quantitative estimate of drug-likeness (QED) is 0.892. The van der Waals surface area contributed by atoms with E-state index in [-0.39, 0.29) is 11.9 Å². The smallest absolute Gasteiger partial charge is 0.311 e. The Hall–Kier alpha value is -1.95. The minimum absolute atomic E-state index is 0.0563. The van der Waals surface area contributed by atoms with Gasteiger partial charge in [-0.3, -0.25) is 14.6 Å². The Morgan fingerprint density at radius 1 is 1.30 bits per heavy atom. The summed E-state index contributed by atoms with van der Waals surface area (Å²) in [5.74, 6) is -0.780. The maximum Gasteiger partial charge on any atom is 0.311 e. The molecule has 124 valence electrons. The van der Waals surface area contributed by atoms with Crippen molar-refractivity contribution in [2.75, 3.05) is 26.7 Å². The molecule has 2 atom stereocenters. The van der Waals surface area contributed by atoms with Gasteiger partial charge in [0.15, 0.2) is 0 Å². The fraction of sp³-hybridized carbons (Fsp3) is 0.588. The molecule has 0 aromatic carbocycles. The number of carboxylic acids is 1. The molecule has 1 aromatic rings. The van der Waals surface area contributed by atoms with Crippen LogP contribution in [0.1, 0.15) is 35.2 Å². The van der Waals surface area contributed by atoms with Crippen molar-refractivity contribution in [3.05, 3.63) is 29.6 Å². The van der Waals surface area contributed by atoms with Crippen LogP contribution in [-0.2, 0) is 4.79 Å². The minimum atomic E-state index is -0.724. The number of pyridine rings is 1. The third-order valence-corrected chi connectivity index (χ3v) is 5.36. The van der Waals surface area contributed by atoms with E-state index in [1.54, 1.807) is 17.3 Å². The molecule has 1 N–H and O–H groups in total. The van der Waals surface area contributed by atoms with E-state index < -0.39 is 11.4 Å². The van der Waals surface area contributed by atoms with Crippen molar-refractivity contribution in [1.29, 1.82) is 0 Å². The number of piperidine rings is 2. The van der Waals surface area contributed by atoms with Crippen LogP contribution in [0.25, 0.3) is 0 Å². The lowest BCUT2D eigenvalue weighted by atomic mass is 9.68. The number of carbonyl (C=O) groups is 2. The van der Waals surface area contributed by atoms with E-state index in [1.165, 1.54) is 0 Å². The molecule has 0 unspecified atom stereocenters. The molecule has 0 bridgehead atoms. The van der Waals surface area contributed by atoms with Gasteiger partial charge in [-0.15, -0.1) is 0 Å². The minimum Gasteiger partial charge on any atom is -0.481 e. The van der Waals surface area contributed by atoms with E-state index in [0.717, 1.165) is 18.5 Å². The first-order chi connectivity index (χ1) is 10.9. The Labute approximate surface area is 136 Å². The number of carboxylic acid groups (broad SMARTS) is 1. The summed E-state index contributed by atoms with van der Waals surface area (Å²) < 4.78 is 0. The van der Waals surface area contributed by atoms with Gasteiger partial charge in [0.25, 0.3) is 5.91 Å². The Balaban J connectivity index is 1.83. The fourth-order valence-corrected chi connectivity index (χ4v) is 4.02. The summed E-state index contributed by atoms with van der Waals surface area (Å²) in [5, 5.41) is 9.78. The van der Waals surface area contributed by atoms with E-state index in [9.17, 15) is 14.7 Å². The molecular weight excluding hydrogens is 294 g/mol. The summed E-state index contributed by atoms with van der Waals surface area (Å²) >= 11 is 0. The van der Waals surface area contributed by atoms with Gasteiger partial charge in [-0.2, -0.15) is 0 Å². The second-order valence-electron chi connectivity index (χ2n) is 6.81. The molecule has 1 amide bonds. The number of amides is 1. The summed E-state index contributed by atoms with van der Waals surface area (Å²) in [7, 11) is 1.96. The number of aromatic nitrogens is 1. The van der Waals surface area contributed by atoms with Crippen LogP contribution in [0.5, 0.6) is 0 Å². The lowest BCUT2D eigenvalue weighted by Crippen LogP contribution is -2.63. The van der Waals surface area contributed by atoms with Gasteiger partial charge in [0.1, 0.15) is 0 Å². The van der Waals surface area contributed by atoms with Crippen LogP contribution in [0.2, 0.25) is 0 Å². The zero-order valence-corrected chi connectivity index (χ0v) is 13.7. The van der Waals surface area contributed by atoms with Crippen LogP contribution in [0.4, 0.5) is 0 Å². The van der Waals surface area contributed by atoms with Crippen molar-refractivity contribution < 1.29 is 14.7 Å². The molecule has 0 spiro atoms. The first kappa shape index (κ1) is 15.9. The summed E-state index contributed by atoms with van der Waals surface area (Å²) in [5.41, 5.74) is 0.808. The standard InChI is InChI=1S/C17H23N3O3/c1-12-8-13(10-18-9-12)15(21)20-7-5-17(16(22)23)4-3-6-19(2)14(17)11-20/h8-10,14H,3-7,11H2,1-2H3,(H,22,23)/t14-,17+/m1/s1. The van der Waals surface area contributed by atoms with Crippen LogP contribution >= 0.6 is 0 Å². The molecule has 23 heavy (non-hydrogen) atoms. The van der Waals surface area contributed by atoms with Gasteiger partial charge in [-0.1, -0.05) is 0 Å². The van der Waals surface area contributed by atoms with Gasteiger partial charge in [-0.25, -0.2) is 0 Å². The van der Waals surface area contributed by atoms with Gasteiger partial charge in [0.2, 0.25) is 0 Å². The molecule has 0 saturated carbocycles. The molecule has 3 rings (SSSR count). The highest BCUT2D eigenvalue weighted by atomic mass is 16.4. The van der Waals surface area contributed by atoms with Crippen molar-refractivity contribution in [2.24, 2.45) is 5.41 Å². The highest BCUT2D eigenvalue weighted by Gasteiger charge is 2.52. The number of hydrogen-bond donors (Lipinski definition) is 1. The second kappa shape index (κ2) is 5.92. The number of carbonyl (C=O) groups excluding carboxylic acids is 1. The molecule has 3 heterocycles. The second-order valence-corrected chi connectivity index (χ2v) is 6.81. The highest BCUT2D eigenvalue weighted by molar-refractivity contribution is 5.94. The van der Waals surface area contributed by atoms with E-state index in [4.69, 9.17) is 0 Å². The predicted molar refractivity (Wildman–Crippen MR) is 85.2 cm³/mol. The predicted octanol–water partition coefficient (Wildman–Crippen LogP) is 1.40. The monoisotopic (exact) mass is 317 g/mol. The van der Waals surface area contributed by atoms with Crippen LogP contribution in [0.15, 0.2) is 18.5 Å². The molecule has 6 nitrogen and oxygen atoms in total. The number of hydrogen-bond acceptors (Lipinski definition) is 4. The van der Waals surface area contributed by atoms with Gasteiger partial charge in [-0.05, 0) is 51.4 Å². The van der Waals surface area contributed by atoms with Gasteiger partial charge < -0.3 is 14.9 Å². The summed E-state index contributed by atoms with van der Waals surface area (Å²) in [6.07, 6.45) is 5.42. The van der Waals surface area contributed by atoms with E-state index in [0.29, 0.717) is 31.5 Å². The molecule has 2 fully saturated rings. The van der Waals surface area contributed by atoms with Gasteiger partial charge in [0, 0.05) is 31.5 Å². The molecule has 6 heteroatoms. The Kier molecular flexibility index (Phi) is 4.10. The molecule has 0 radical (unpaired) electrons. The topological polar surface area (TPSA) is 73.7 Å². The van der Waals surface area contributed by atoms with E-state index in [2.05, 4.69) is 9.88 Å². The SMILES string of the molecule is Cc1cncc(C(=O)N2CC[C@@]3(C(=O)O)CCCN(C)[C@@H]3C2)c1. The van der Waals surface area contributed by atoms with Crippen molar-refractivity contribution in [1.82, 2.24) is 14.8 Å². The third kappa shape index (κ3) is 2.72. The first-order valence-electron chi connectivity index (χ1n) is 8.08. The van der Waals surface area contributed by atoms with Crippen molar-refractivity contribution >= 4 is 11.9 Å². The number of likely N-dealkylation sites (tertiary alicyclic amines) is 2. The molecular formula is C17H23N3O3. The van der Waals surface area contributed by atoms with E-state index in [1.807, 2.05) is 20.0 Å². The molecule has 1 aromatic heterocycles. The number of rotatable bonds is 2. The zero-order chi connectivity index (χ0) is 16.6. The molecule has 2 saturated heterocycles. The van der Waals surface area contributed by atoms with Crippen LogP contribution in [-0.4, -0.2) is 64.5 Å². The number of aliphatic carboxylic acids is 1. The third-order valence-electron chi connectivity index (χ3n) is 5.36. The Bertz CT molecular complexity index is 633. The van der Waals surface area contributed by atoms with Crippen molar-refractivity contribution in [3.8, 4) is 0 Å². The van der Waals surface area contributed by atoms with E-state index >= 15 is 0 Å². The van der Waals surface area contributed by atoms with Crippen LogP contribution < -0.4 is 0 Å². The summed E-state index contributed by atoms with van der Waals surface area (Å²) in [6, 6.07) is 1.71. The average molecular weight is 317 g/mol.